The zero-order chi connectivity index (χ0) is 24.1. The number of fused-ring (bicyclic) bond motifs is 1. The van der Waals surface area contributed by atoms with Crippen LogP contribution in [-0.2, 0) is 4.79 Å². The van der Waals surface area contributed by atoms with Crippen molar-refractivity contribution in [3.8, 4) is 5.75 Å². The van der Waals surface area contributed by atoms with E-state index in [1.165, 1.54) is 11.3 Å². The normalized spacial score (nSPS) is 12.9. The lowest BCUT2D eigenvalue weighted by molar-refractivity contribution is -0.123. The Balaban J connectivity index is 1.57. The zero-order valence-electron chi connectivity index (χ0n) is 19.5. The molecule has 2 aromatic carbocycles. The third-order valence-corrected chi connectivity index (χ3v) is 6.84. The van der Waals surface area contributed by atoms with Gasteiger partial charge in [-0.3, -0.25) is 9.59 Å². The van der Waals surface area contributed by atoms with Gasteiger partial charge in [-0.25, -0.2) is 0 Å². The van der Waals surface area contributed by atoms with Gasteiger partial charge in [0.05, 0.1) is 12.0 Å². The first-order valence-corrected chi connectivity index (χ1v) is 12.2. The van der Waals surface area contributed by atoms with Crippen LogP contribution in [0.4, 0.5) is 0 Å². The summed E-state index contributed by atoms with van der Waals surface area (Å²) in [6.45, 7) is 4.25. The number of aromatic amines is 1. The minimum atomic E-state index is -0.630. The molecule has 0 radical (unpaired) electrons. The largest absolute Gasteiger partial charge is 0.497 e. The van der Waals surface area contributed by atoms with Crippen LogP contribution in [-0.4, -0.2) is 36.5 Å². The van der Waals surface area contributed by atoms with Crippen LogP contribution in [0.1, 0.15) is 40.6 Å². The smallest absolute Gasteiger partial charge is 0.262 e. The van der Waals surface area contributed by atoms with Crippen LogP contribution in [0.25, 0.3) is 10.9 Å². The third-order valence-electron chi connectivity index (χ3n) is 5.98. The zero-order valence-corrected chi connectivity index (χ0v) is 20.3. The quantitative estimate of drug-likeness (QED) is 0.321. The Labute approximate surface area is 203 Å². The summed E-state index contributed by atoms with van der Waals surface area (Å²) in [6.07, 6.45) is 2.00. The highest BCUT2D eigenvalue weighted by Crippen LogP contribution is 2.31. The number of carbonyl (C=O) groups excluding carboxylic acids is 2. The Morgan fingerprint density at radius 1 is 1.03 bits per heavy atom. The van der Waals surface area contributed by atoms with Crippen molar-refractivity contribution in [3.63, 3.8) is 0 Å². The summed E-state index contributed by atoms with van der Waals surface area (Å²) in [7, 11) is 1.64. The van der Waals surface area contributed by atoms with Gasteiger partial charge in [-0.05, 0) is 46.7 Å². The highest BCUT2D eigenvalue weighted by atomic mass is 32.1. The van der Waals surface area contributed by atoms with E-state index in [1.54, 1.807) is 13.2 Å². The van der Waals surface area contributed by atoms with E-state index in [0.29, 0.717) is 11.4 Å². The van der Waals surface area contributed by atoms with Gasteiger partial charge in [0.25, 0.3) is 5.91 Å². The van der Waals surface area contributed by atoms with E-state index in [4.69, 9.17) is 4.74 Å². The second kappa shape index (κ2) is 10.6. The molecule has 7 heteroatoms. The predicted octanol–water partition coefficient (Wildman–Crippen LogP) is 4.94. The average molecular weight is 476 g/mol. The molecule has 2 heterocycles. The van der Waals surface area contributed by atoms with Crippen LogP contribution in [0, 0.1) is 5.92 Å². The minimum Gasteiger partial charge on any atom is -0.497 e. The van der Waals surface area contributed by atoms with E-state index in [1.807, 2.05) is 74.0 Å². The summed E-state index contributed by atoms with van der Waals surface area (Å²) in [5.74, 6) is 0.218. The fourth-order valence-electron chi connectivity index (χ4n) is 4.09. The summed E-state index contributed by atoms with van der Waals surface area (Å²) in [5, 5.41) is 8.96. The molecule has 0 bridgehead atoms. The number of H-pyrrole nitrogens is 1. The number of aromatic nitrogens is 1. The summed E-state index contributed by atoms with van der Waals surface area (Å²) >= 11 is 1.36. The van der Waals surface area contributed by atoms with Crippen molar-refractivity contribution < 1.29 is 14.3 Å². The minimum absolute atomic E-state index is 0.0589. The molecular formula is C27H29N3O3S. The molecule has 2 amide bonds. The predicted molar refractivity (Wildman–Crippen MR) is 137 cm³/mol. The molecule has 0 spiro atoms. The van der Waals surface area contributed by atoms with Crippen LogP contribution in [0.15, 0.2) is 72.2 Å². The Morgan fingerprint density at radius 3 is 2.47 bits per heavy atom. The van der Waals surface area contributed by atoms with E-state index in [0.717, 1.165) is 27.8 Å². The average Bonchev–Trinajstić information content (AvgIpc) is 3.53. The number of amides is 2. The Morgan fingerprint density at radius 2 is 1.79 bits per heavy atom. The standard InChI is InChI=1S/C27H29N3O3S/c1-17(2)25(30-26(31)24-9-6-14-34-24)27(32)29-15-21(18-10-12-19(33-3)13-11-18)22-16-28-23-8-5-4-7-20(22)23/h4-14,16-17,21,25,28H,15H2,1-3H3,(H,29,32)(H,30,31)/t21-,25-/m0/s1. The van der Waals surface area contributed by atoms with Crippen LogP contribution in [0.2, 0.25) is 0 Å². The van der Waals surface area contributed by atoms with Crippen LogP contribution < -0.4 is 15.4 Å². The number of thiophene rings is 1. The molecule has 2 atom stereocenters. The number of nitrogens with one attached hydrogen (secondary N) is 3. The molecule has 34 heavy (non-hydrogen) atoms. The monoisotopic (exact) mass is 475 g/mol. The molecular weight excluding hydrogens is 446 g/mol. The molecule has 0 saturated carbocycles. The number of hydrogen-bond donors (Lipinski definition) is 3. The Hall–Kier alpha value is -3.58. The Kier molecular flexibility index (Phi) is 7.33. The van der Waals surface area contributed by atoms with E-state index < -0.39 is 6.04 Å². The van der Waals surface area contributed by atoms with Crippen molar-refractivity contribution in [3.05, 3.63) is 88.2 Å². The van der Waals surface area contributed by atoms with Gasteiger partial charge in [0.15, 0.2) is 0 Å². The lowest BCUT2D eigenvalue weighted by atomic mass is 9.90. The first-order chi connectivity index (χ1) is 16.5. The van der Waals surface area contributed by atoms with E-state index in [-0.39, 0.29) is 23.7 Å². The number of benzene rings is 2. The maximum atomic E-state index is 13.2. The molecule has 0 aliphatic rings. The maximum Gasteiger partial charge on any atom is 0.262 e. The summed E-state index contributed by atoms with van der Waals surface area (Å²) in [4.78, 5) is 29.7. The molecule has 0 unspecified atom stereocenters. The molecule has 0 saturated heterocycles. The van der Waals surface area contributed by atoms with Gasteiger partial charge in [-0.15, -0.1) is 11.3 Å². The highest BCUT2D eigenvalue weighted by Gasteiger charge is 2.27. The SMILES string of the molecule is COc1ccc([C@H](CNC(=O)[C@@H](NC(=O)c2cccs2)C(C)C)c2c[nH]c3ccccc23)cc1. The van der Waals surface area contributed by atoms with Gasteiger partial charge in [0, 0.05) is 29.6 Å². The summed E-state index contributed by atoms with van der Waals surface area (Å²) in [6, 6.07) is 19.0. The van der Waals surface area contributed by atoms with E-state index in [9.17, 15) is 9.59 Å². The van der Waals surface area contributed by atoms with Gasteiger partial charge < -0.3 is 20.4 Å². The second-order valence-corrected chi connectivity index (χ2v) is 9.48. The van der Waals surface area contributed by atoms with E-state index >= 15 is 0 Å². The Bertz CT molecular complexity index is 1250. The lowest BCUT2D eigenvalue weighted by Crippen LogP contribution is -2.50. The topological polar surface area (TPSA) is 83.2 Å². The van der Waals surface area contributed by atoms with Crippen molar-refractivity contribution in [2.75, 3.05) is 13.7 Å². The first-order valence-electron chi connectivity index (χ1n) is 11.3. The van der Waals surface area contributed by atoms with Crippen molar-refractivity contribution in [2.24, 2.45) is 5.92 Å². The van der Waals surface area contributed by atoms with Gasteiger partial charge in [0.2, 0.25) is 5.91 Å². The van der Waals surface area contributed by atoms with Gasteiger partial charge in [-0.2, -0.15) is 0 Å². The number of carbonyl (C=O) groups is 2. The number of hydrogen-bond acceptors (Lipinski definition) is 4. The third kappa shape index (κ3) is 5.15. The van der Waals surface area contributed by atoms with Crippen LogP contribution >= 0.6 is 11.3 Å². The molecule has 3 N–H and O–H groups in total. The fraction of sp³-hybridized carbons (Fsp3) is 0.259. The lowest BCUT2D eigenvalue weighted by Gasteiger charge is -2.24. The summed E-state index contributed by atoms with van der Waals surface area (Å²) < 4.78 is 5.32. The highest BCUT2D eigenvalue weighted by molar-refractivity contribution is 7.12. The number of ether oxygens (including phenoxy) is 1. The number of para-hydroxylation sites is 1. The van der Waals surface area contributed by atoms with Gasteiger partial charge in [0.1, 0.15) is 11.8 Å². The fourth-order valence-corrected chi connectivity index (χ4v) is 4.72. The molecule has 4 aromatic rings. The summed E-state index contributed by atoms with van der Waals surface area (Å²) in [5.41, 5.74) is 3.21. The van der Waals surface area contributed by atoms with Crippen LogP contribution in [0.5, 0.6) is 5.75 Å². The molecule has 176 valence electrons. The number of methoxy groups -OCH3 is 1. The second-order valence-electron chi connectivity index (χ2n) is 8.53. The molecule has 0 fully saturated rings. The molecule has 4 rings (SSSR count). The molecule has 0 aliphatic heterocycles. The van der Waals surface area contributed by atoms with Crippen molar-refractivity contribution >= 4 is 34.1 Å². The first kappa shape index (κ1) is 23.6. The maximum absolute atomic E-state index is 13.2. The molecule has 6 nitrogen and oxygen atoms in total. The molecule has 2 aromatic heterocycles. The van der Waals surface area contributed by atoms with Crippen molar-refractivity contribution in [1.29, 1.82) is 0 Å². The molecule has 0 aliphatic carbocycles. The van der Waals surface area contributed by atoms with Crippen molar-refractivity contribution in [1.82, 2.24) is 15.6 Å². The van der Waals surface area contributed by atoms with Crippen molar-refractivity contribution in [2.45, 2.75) is 25.8 Å². The van der Waals surface area contributed by atoms with E-state index in [2.05, 4.69) is 21.7 Å². The van der Waals surface area contributed by atoms with Gasteiger partial charge in [-0.1, -0.05) is 50.2 Å². The van der Waals surface area contributed by atoms with Crippen LogP contribution in [0.3, 0.4) is 0 Å². The van der Waals surface area contributed by atoms with Gasteiger partial charge >= 0.3 is 0 Å². The number of rotatable bonds is 9.